The Morgan fingerprint density at radius 3 is 2.21 bits per heavy atom. The third kappa shape index (κ3) is 6.03. The van der Waals surface area contributed by atoms with Gasteiger partial charge in [0.1, 0.15) is 23.5 Å². The van der Waals surface area contributed by atoms with E-state index in [0.717, 1.165) is 0 Å². The largest absolute Gasteiger partial charge is 0.479 e. The molecule has 5 unspecified atom stereocenters. The molecule has 1 aromatic heterocycles. The van der Waals surface area contributed by atoms with Gasteiger partial charge in [-0.15, -0.1) is 0 Å². The minimum absolute atomic E-state index is 0.0310. The topological polar surface area (TPSA) is 233 Å². The number of rotatable bonds is 7. The van der Waals surface area contributed by atoms with Gasteiger partial charge < -0.3 is 24.1 Å². The lowest BCUT2D eigenvalue weighted by Crippen LogP contribution is -2.63. The van der Waals surface area contributed by atoms with E-state index >= 15 is 0 Å². The van der Waals surface area contributed by atoms with Crippen LogP contribution in [0.5, 0.6) is 5.75 Å². The van der Waals surface area contributed by atoms with Crippen LogP contribution in [0.25, 0.3) is 11.0 Å². The fraction of sp³-hybridized carbons (Fsp3) is 0.375. The average molecular weight is 512 g/mol. The second-order valence-electron chi connectivity index (χ2n) is 6.76. The number of carboxylic acid groups (broad SMARTS) is 1. The standard InChI is InChI=1S/C16H16O15S2/c1-6-4-10(17)28-9-5-7(2-3-8(6)9)27-16-13(31-33(24,25)26)11(18)12(30-32(21,22)23)14(29-16)15(19)20/h2-5,11-14,16,18H,1H3,(H,19,20)(H,21,22,23)(H,24,25,26). The first kappa shape index (κ1) is 25.0. The highest BCUT2D eigenvalue weighted by Gasteiger charge is 2.54. The highest BCUT2D eigenvalue weighted by atomic mass is 32.3. The summed E-state index contributed by atoms with van der Waals surface area (Å²) in [4.78, 5) is 23.1. The maximum absolute atomic E-state index is 11.6. The van der Waals surface area contributed by atoms with Crippen LogP contribution in [-0.4, -0.2) is 72.8 Å². The third-order valence-corrected chi connectivity index (χ3v) is 5.34. The average Bonchev–Trinajstić information content (AvgIpc) is 2.64. The van der Waals surface area contributed by atoms with Gasteiger partial charge in [0.05, 0.1) is 0 Å². The maximum atomic E-state index is 11.6. The summed E-state index contributed by atoms with van der Waals surface area (Å²) in [7, 11) is -10.7. The molecule has 0 bridgehead atoms. The zero-order chi connectivity index (χ0) is 24.7. The second-order valence-corrected chi connectivity index (χ2v) is 8.85. The van der Waals surface area contributed by atoms with Gasteiger partial charge in [-0.25, -0.2) is 18.0 Å². The zero-order valence-corrected chi connectivity index (χ0v) is 17.9. The summed E-state index contributed by atoms with van der Waals surface area (Å²) >= 11 is 0. The van der Waals surface area contributed by atoms with Crippen molar-refractivity contribution in [1.82, 2.24) is 0 Å². The molecule has 5 atom stereocenters. The van der Waals surface area contributed by atoms with Crippen molar-refractivity contribution in [3.63, 3.8) is 0 Å². The molecule has 0 amide bonds. The lowest BCUT2D eigenvalue weighted by atomic mass is 9.99. The van der Waals surface area contributed by atoms with Crippen LogP contribution in [0.1, 0.15) is 5.56 Å². The van der Waals surface area contributed by atoms with Crippen molar-refractivity contribution in [3.8, 4) is 5.75 Å². The summed E-state index contributed by atoms with van der Waals surface area (Å²) in [6.07, 6.45) is -11.5. The quantitative estimate of drug-likeness (QED) is 0.258. The van der Waals surface area contributed by atoms with Crippen LogP contribution >= 0.6 is 0 Å². The number of hydrogen-bond donors (Lipinski definition) is 4. The van der Waals surface area contributed by atoms with Crippen LogP contribution < -0.4 is 10.4 Å². The number of aliphatic carboxylic acids is 1. The van der Waals surface area contributed by atoms with E-state index in [4.69, 9.17) is 23.0 Å². The Labute approximate surface area is 185 Å². The van der Waals surface area contributed by atoms with Gasteiger partial charge in [0.2, 0.25) is 6.29 Å². The number of aliphatic hydroxyl groups excluding tert-OH is 1. The van der Waals surface area contributed by atoms with Gasteiger partial charge in [-0.2, -0.15) is 16.8 Å². The number of aryl methyl sites for hydroxylation is 1. The van der Waals surface area contributed by atoms with Gasteiger partial charge >= 0.3 is 32.4 Å². The van der Waals surface area contributed by atoms with E-state index in [0.29, 0.717) is 10.9 Å². The predicted molar refractivity (Wildman–Crippen MR) is 103 cm³/mol. The van der Waals surface area contributed by atoms with E-state index in [1.807, 2.05) is 0 Å². The summed E-state index contributed by atoms with van der Waals surface area (Å²) in [5.41, 5.74) is -0.102. The molecule has 33 heavy (non-hydrogen) atoms. The Balaban J connectivity index is 2.01. The molecule has 0 spiro atoms. The molecule has 0 saturated carbocycles. The van der Waals surface area contributed by atoms with Crippen LogP contribution in [0.3, 0.4) is 0 Å². The zero-order valence-electron chi connectivity index (χ0n) is 16.3. The molecule has 0 radical (unpaired) electrons. The van der Waals surface area contributed by atoms with Crippen LogP contribution in [0, 0.1) is 6.92 Å². The number of benzene rings is 1. The normalized spacial score (nSPS) is 26.2. The van der Waals surface area contributed by atoms with Crippen LogP contribution in [0.4, 0.5) is 0 Å². The fourth-order valence-electron chi connectivity index (χ4n) is 3.12. The lowest BCUT2D eigenvalue weighted by molar-refractivity contribution is -0.261. The SMILES string of the molecule is Cc1cc(=O)oc2cc(OC3OC(C(=O)O)C(OS(=O)(=O)O)C(O)C3OS(=O)(=O)O)ccc12. The molecule has 15 nitrogen and oxygen atoms in total. The molecule has 2 heterocycles. The molecule has 182 valence electrons. The van der Waals surface area contributed by atoms with E-state index in [-0.39, 0.29) is 11.3 Å². The molecule has 1 aliphatic heterocycles. The number of ether oxygens (including phenoxy) is 2. The smallest absolute Gasteiger partial charge is 0.397 e. The second kappa shape index (κ2) is 8.95. The van der Waals surface area contributed by atoms with E-state index in [9.17, 15) is 36.6 Å². The molecule has 1 aliphatic rings. The number of hydrogen-bond acceptors (Lipinski definition) is 12. The minimum atomic E-state index is -5.35. The van der Waals surface area contributed by atoms with Crippen LogP contribution in [-0.2, 0) is 38.7 Å². The summed E-state index contributed by atoms with van der Waals surface area (Å²) < 4.78 is 86.3. The Morgan fingerprint density at radius 2 is 1.64 bits per heavy atom. The number of fused-ring (bicyclic) bond motifs is 1. The van der Waals surface area contributed by atoms with Crippen molar-refractivity contribution >= 4 is 37.7 Å². The van der Waals surface area contributed by atoms with Gasteiger partial charge in [-0.3, -0.25) is 9.11 Å². The third-order valence-electron chi connectivity index (χ3n) is 4.40. The van der Waals surface area contributed by atoms with E-state index in [2.05, 4.69) is 8.37 Å². The van der Waals surface area contributed by atoms with E-state index < -0.39 is 63.1 Å². The van der Waals surface area contributed by atoms with Crippen molar-refractivity contribution < 1.29 is 63.2 Å². The first-order chi connectivity index (χ1) is 15.1. The highest BCUT2D eigenvalue weighted by Crippen LogP contribution is 2.31. The van der Waals surface area contributed by atoms with Gasteiger partial charge in [0, 0.05) is 17.5 Å². The van der Waals surface area contributed by atoms with E-state index in [1.165, 1.54) is 24.3 Å². The Bertz CT molecular complexity index is 1330. The van der Waals surface area contributed by atoms with Gasteiger partial charge in [0.25, 0.3) is 0 Å². The van der Waals surface area contributed by atoms with Gasteiger partial charge in [0.15, 0.2) is 12.2 Å². The molecule has 3 rings (SSSR count). The summed E-state index contributed by atoms with van der Waals surface area (Å²) in [6.45, 7) is 1.63. The molecule has 17 heteroatoms. The molecule has 1 fully saturated rings. The number of carboxylic acids is 1. The number of aliphatic hydroxyl groups is 1. The molecule has 2 aromatic rings. The Hall–Kier alpha value is -2.64. The van der Waals surface area contributed by atoms with Crippen molar-refractivity contribution in [2.75, 3.05) is 0 Å². The molecular weight excluding hydrogens is 496 g/mol. The fourth-order valence-corrected chi connectivity index (χ4v) is 4.10. The van der Waals surface area contributed by atoms with Crippen molar-refractivity contribution in [2.45, 2.75) is 37.6 Å². The summed E-state index contributed by atoms with van der Waals surface area (Å²) in [6, 6.07) is 5.14. The Morgan fingerprint density at radius 1 is 1.03 bits per heavy atom. The van der Waals surface area contributed by atoms with E-state index in [1.54, 1.807) is 6.92 Å². The van der Waals surface area contributed by atoms with Gasteiger partial charge in [-0.05, 0) is 24.6 Å². The summed E-state index contributed by atoms with van der Waals surface area (Å²) in [5, 5.41) is 20.2. The molecule has 0 aliphatic carbocycles. The maximum Gasteiger partial charge on any atom is 0.397 e. The minimum Gasteiger partial charge on any atom is -0.479 e. The van der Waals surface area contributed by atoms with Crippen LogP contribution in [0.2, 0.25) is 0 Å². The van der Waals surface area contributed by atoms with Crippen molar-refractivity contribution in [1.29, 1.82) is 0 Å². The molecular formula is C16H16O15S2. The predicted octanol–water partition coefficient (Wildman–Crippen LogP) is -0.973. The summed E-state index contributed by atoms with van der Waals surface area (Å²) in [5.74, 6) is -2.07. The van der Waals surface area contributed by atoms with Crippen molar-refractivity contribution in [3.05, 3.63) is 40.2 Å². The highest BCUT2D eigenvalue weighted by molar-refractivity contribution is 7.81. The lowest BCUT2D eigenvalue weighted by Gasteiger charge is -2.40. The first-order valence-corrected chi connectivity index (χ1v) is 11.5. The monoisotopic (exact) mass is 512 g/mol. The Kier molecular flexibility index (Phi) is 6.78. The molecule has 4 N–H and O–H groups in total. The van der Waals surface area contributed by atoms with Crippen molar-refractivity contribution in [2.24, 2.45) is 0 Å². The van der Waals surface area contributed by atoms with Crippen LogP contribution in [0.15, 0.2) is 33.5 Å². The molecule has 1 aromatic carbocycles. The van der Waals surface area contributed by atoms with Gasteiger partial charge in [-0.1, -0.05) is 0 Å². The molecule has 1 saturated heterocycles. The number of carbonyl (C=O) groups is 1. The first-order valence-electron chi connectivity index (χ1n) is 8.73.